The van der Waals surface area contributed by atoms with Gasteiger partial charge in [-0.05, 0) is 43.2 Å². The molecule has 0 amide bonds. The quantitative estimate of drug-likeness (QED) is 0.130. The summed E-state index contributed by atoms with van der Waals surface area (Å²) in [5.74, 6) is -0.880. The molecule has 0 heterocycles. The second-order valence-corrected chi connectivity index (χ2v) is 9.95. The van der Waals surface area contributed by atoms with Crippen molar-refractivity contribution in [2.75, 3.05) is 13.7 Å². The molecule has 0 aliphatic rings. The Kier molecular flexibility index (Phi) is 13.9. The van der Waals surface area contributed by atoms with Crippen molar-refractivity contribution < 1.29 is 28.6 Å². The smallest absolute Gasteiger partial charge is 0.331 e. The molecule has 0 spiro atoms. The molecule has 190 valence electrons. The van der Waals surface area contributed by atoms with Crippen LogP contribution in [0.1, 0.15) is 89.7 Å². The lowest BCUT2D eigenvalue weighted by Gasteiger charge is -2.25. The van der Waals surface area contributed by atoms with Gasteiger partial charge in [-0.15, -0.1) is 0 Å². The van der Waals surface area contributed by atoms with Crippen LogP contribution in [0.25, 0.3) is 6.08 Å². The Bertz CT molecular complexity index is 773. The summed E-state index contributed by atoms with van der Waals surface area (Å²) < 4.78 is 15.6. The maximum absolute atomic E-state index is 12.3. The zero-order valence-electron chi connectivity index (χ0n) is 21.6. The lowest BCUT2D eigenvalue weighted by Crippen LogP contribution is -2.29. The third-order valence-corrected chi connectivity index (χ3v) is 5.28. The topological polar surface area (TPSA) is 78.9 Å². The number of carbonyl (C=O) groups is 3. The number of hydrogen-bond donors (Lipinski definition) is 0. The number of unbranched alkanes of at least 4 members (excludes halogenated alkanes) is 5. The van der Waals surface area contributed by atoms with Gasteiger partial charge in [0.2, 0.25) is 0 Å². The summed E-state index contributed by atoms with van der Waals surface area (Å²) in [7, 11) is 1.40. The van der Waals surface area contributed by atoms with Gasteiger partial charge in [-0.2, -0.15) is 0 Å². The molecule has 6 heteroatoms. The second-order valence-electron chi connectivity index (χ2n) is 9.95. The fourth-order valence-electron chi connectivity index (χ4n) is 3.47. The first-order valence-corrected chi connectivity index (χ1v) is 12.3. The number of benzene rings is 1. The van der Waals surface area contributed by atoms with Gasteiger partial charge in [0.1, 0.15) is 12.7 Å². The average molecular weight is 475 g/mol. The minimum atomic E-state index is -0.492. The first-order chi connectivity index (χ1) is 16.1. The van der Waals surface area contributed by atoms with Gasteiger partial charge >= 0.3 is 17.9 Å². The number of methoxy groups -OCH3 is 1. The molecule has 1 rings (SSSR count). The first kappa shape index (κ1) is 29.4. The van der Waals surface area contributed by atoms with Gasteiger partial charge in [-0.1, -0.05) is 76.3 Å². The van der Waals surface area contributed by atoms with Gasteiger partial charge in [0, 0.05) is 18.9 Å². The second kappa shape index (κ2) is 16.1. The Morgan fingerprint density at radius 2 is 1.44 bits per heavy atom. The SMILES string of the molecule is COC(=O)CCCCCCCCC(=O)OCC(CC(C)(C)C)OC(=O)C=Cc1ccc(C)cc1. The maximum atomic E-state index is 12.3. The van der Waals surface area contributed by atoms with Crippen molar-refractivity contribution in [1.82, 2.24) is 0 Å². The Labute approximate surface area is 205 Å². The van der Waals surface area contributed by atoms with Crippen LogP contribution in [0.15, 0.2) is 30.3 Å². The van der Waals surface area contributed by atoms with Gasteiger partial charge in [0.05, 0.1) is 7.11 Å². The summed E-state index contributed by atoms with van der Waals surface area (Å²) in [6.45, 7) is 8.25. The summed E-state index contributed by atoms with van der Waals surface area (Å²) in [5, 5.41) is 0. The van der Waals surface area contributed by atoms with Crippen LogP contribution >= 0.6 is 0 Å². The minimum Gasteiger partial charge on any atom is -0.469 e. The van der Waals surface area contributed by atoms with Gasteiger partial charge in [0.15, 0.2) is 0 Å². The highest BCUT2D eigenvalue weighted by atomic mass is 16.6. The van der Waals surface area contributed by atoms with Crippen molar-refractivity contribution >= 4 is 24.0 Å². The monoisotopic (exact) mass is 474 g/mol. The Balaban J connectivity index is 2.34. The number of hydrogen-bond acceptors (Lipinski definition) is 6. The number of esters is 3. The Morgan fingerprint density at radius 1 is 0.882 bits per heavy atom. The maximum Gasteiger partial charge on any atom is 0.331 e. The van der Waals surface area contributed by atoms with Crippen molar-refractivity contribution in [2.24, 2.45) is 5.41 Å². The fraction of sp³-hybridized carbons (Fsp3) is 0.607. The lowest BCUT2D eigenvalue weighted by atomic mass is 9.89. The molecule has 1 atom stereocenters. The molecular weight excluding hydrogens is 432 g/mol. The van der Waals surface area contributed by atoms with Crippen molar-refractivity contribution in [1.29, 1.82) is 0 Å². The number of rotatable bonds is 15. The molecule has 0 aromatic heterocycles. The molecule has 0 aliphatic heterocycles. The highest BCUT2D eigenvalue weighted by Gasteiger charge is 2.23. The van der Waals surface area contributed by atoms with Crippen LogP contribution in [0.2, 0.25) is 0 Å². The molecule has 0 bridgehead atoms. The van der Waals surface area contributed by atoms with E-state index in [9.17, 15) is 14.4 Å². The molecule has 0 saturated heterocycles. The molecule has 0 aliphatic carbocycles. The van der Waals surface area contributed by atoms with E-state index in [-0.39, 0.29) is 24.0 Å². The predicted octanol–water partition coefficient (Wildman–Crippen LogP) is 6.19. The van der Waals surface area contributed by atoms with E-state index in [0.717, 1.165) is 49.7 Å². The molecule has 0 fully saturated rings. The highest BCUT2D eigenvalue weighted by molar-refractivity contribution is 5.87. The first-order valence-electron chi connectivity index (χ1n) is 12.3. The lowest BCUT2D eigenvalue weighted by molar-refractivity contribution is -0.157. The standard InChI is InChI=1S/C28H42O6/c1-22-14-16-23(17-15-22)18-19-27(31)34-24(20-28(2,3)4)21-33-26(30)13-11-9-7-6-8-10-12-25(29)32-5/h14-19,24H,6-13,20-21H2,1-5H3. The molecule has 34 heavy (non-hydrogen) atoms. The molecule has 0 saturated carbocycles. The predicted molar refractivity (Wildman–Crippen MR) is 134 cm³/mol. The summed E-state index contributed by atoms with van der Waals surface area (Å²) in [6, 6.07) is 7.85. The molecule has 6 nitrogen and oxygen atoms in total. The van der Waals surface area contributed by atoms with E-state index in [1.807, 2.05) is 31.2 Å². The van der Waals surface area contributed by atoms with Crippen LogP contribution in [-0.2, 0) is 28.6 Å². The van der Waals surface area contributed by atoms with E-state index in [1.165, 1.54) is 13.2 Å². The molecule has 1 aromatic carbocycles. The third-order valence-electron chi connectivity index (χ3n) is 5.28. The van der Waals surface area contributed by atoms with Crippen molar-refractivity contribution in [3.8, 4) is 0 Å². The molecule has 0 radical (unpaired) electrons. The Hall–Kier alpha value is -2.63. The van der Waals surface area contributed by atoms with Crippen LogP contribution in [0.5, 0.6) is 0 Å². The number of ether oxygens (including phenoxy) is 3. The van der Waals surface area contributed by atoms with Crippen LogP contribution in [0.4, 0.5) is 0 Å². The van der Waals surface area contributed by atoms with Crippen LogP contribution < -0.4 is 0 Å². The van der Waals surface area contributed by atoms with Crippen molar-refractivity contribution in [3.05, 3.63) is 41.5 Å². The van der Waals surface area contributed by atoms with Crippen LogP contribution in [0.3, 0.4) is 0 Å². The molecule has 1 aromatic rings. The van der Waals surface area contributed by atoms with Gasteiger partial charge in [-0.3, -0.25) is 9.59 Å². The van der Waals surface area contributed by atoms with E-state index >= 15 is 0 Å². The normalized spacial score (nSPS) is 12.4. The number of aryl methyl sites for hydroxylation is 1. The van der Waals surface area contributed by atoms with Gasteiger partial charge < -0.3 is 14.2 Å². The van der Waals surface area contributed by atoms with E-state index in [4.69, 9.17) is 9.47 Å². The number of carbonyl (C=O) groups excluding carboxylic acids is 3. The largest absolute Gasteiger partial charge is 0.469 e. The Morgan fingerprint density at radius 3 is 2.00 bits per heavy atom. The van der Waals surface area contributed by atoms with Gasteiger partial charge in [0.25, 0.3) is 0 Å². The summed E-state index contributed by atoms with van der Waals surface area (Å²) in [5.41, 5.74) is 2.00. The average Bonchev–Trinajstić information content (AvgIpc) is 2.77. The van der Waals surface area contributed by atoms with Gasteiger partial charge in [-0.25, -0.2) is 4.79 Å². The summed E-state index contributed by atoms with van der Waals surface area (Å²) in [6.07, 6.45) is 9.63. The fourth-order valence-corrected chi connectivity index (χ4v) is 3.47. The molecule has 0 N–H and O–H groups in total. The van der Waals surface area contributed by atoms with Crippen LogP contribution in [0, 0.1) is 12.3 Å². The minimum absolute atomic E-state index is 0.0632. The summed E-state index contributed by atoms with van der Waals surface area (Å²) >= 11 is 0. The summed E-state index contributed by atoms with van der Waals surface area (Å²) in [4.78, 5) is 35.5. The van der Waals surface area contributed by atoms with E-state index in [2.05, 4.69) is 25.5 Å². The third kappa shape index (κ3) is 15.3. The van der Waals surface area contributed by atoms with Crippen molar-refractivity contribution in [2.45, 2.75) is 91.6 Å². The zero-order valence-corrected chi connectivity index (χ0v) is 21.6. The molecular formula is C28H42O6. The molecule has 1 unspecified atom stereocenters. The van der Waals surface area contributed by atoms with E-state index in [1.54, 1.807) is 6.08 Å². The van der Waals surface area contributed by atoms with E-state index < -0.39 is 12.1 Å². The zero-order chi connectivity index (χ0) is 25.4. The van der Waals surface area contributed by atoms with Crippen LogP contribution in [-0.4, -0.2) is 37.7 Å². The van der Waals surface area contributed by atoms with Crippen molar-refractivity contribution in [3.63, 3.8) is 0 Å². The highest BCUT2D eigenvalue weighted by Crippen LogP contribution is 2.23. The van der Waals surface area contributed by atoms with E-state index in [0.29, 0.717) is 19.3 Å².